The zero-order valence-corrected chi connectivity index (χ0v) is 17.7. The van der Waals surface area contributed by atoms with E-state index >= 15 is 0 Å². The molecule has 0 saturated heterocycles. The summed E-state index contributed by atoms with van der Waals surface area (Å²) in [7, 11) is 0. The number of hydrogen-bond acceptors (Lipinski definition) is 4. The van der Waals surface area contributed by atoms with E-state index in [4.69, 9.17) is 0 Å². The van der Waals surface area contributed by atoms with Crippen molar-refractivity contribution in [1.29, 1.82) is 0 Å². The number of nitrogens with zero attached hydrogens (tertiary/aromatic N) is 2. The van der Waals surface area contributed by atoms with Crippen LogP contribution in [0.2, 0.25) is 0 Å². The Balaban J connectivity index is 0.00000312. The number of rotatable bonds is 2. The molecule has 0 bridgehead atoms. The molecule has 2 aliphatic rings. The first-order valence-corrected chi connectivity index (χ1v) is 8.77. The van der Waals surface area contributed by atoms with Crippen molar-refractivity contribution in [2.24, 2.45) is 0 Å². The Kier molecular flexibility index (Phi) is 6.11. The summed E-state index contributed by atoms with van der Waals surface area (Å²) >= 11 is 0. The van der Waals surface area contributed by atoms with Gasteiger partial charge in [-0.05, 0) is 79.4 Å². The molecule has 5 heteroatoms. The summed E-state index contributed by atoms with van der Waals surface area (Å²) < 4.78 is 0. The van der Waals surface area contributed by atoms with Crippen LogP contribution in [0.1, 0.15) is 68.2 Å². The van der Waals surface area contributed by atoms with Gasteiger partial charge in [0.25, 0.3) is 0 Å². The molecule has 2 heterocycles. The first kappa shape index (κ1) is 22.4. The minimum absolute atomic E-state index is 0. The molecule has 0 unspecified atom stereocenters. The maximum absolute atomic E-state index is 10.4. The zero-order chi connectivity index (χ0) is 18.6. The summed E-state index contributed by atoms with van der Waals surface area (Å²) in [4.78, 5) is 0. The highest BCUT2D eigenvalue weighted by atomic mass is 35.5. The van der Waals surface area contributed by atoms with E-state index in [1.165, 1.54) is 21.3 Å². The van der Waals surface area contributed by atoms with E-state index in [0.29, 0.717) is 0 Å². The molecule has 25 heavy (non-hydrogen) atoms. The number of halogens is 1. The highest BCUT2D eigenvalue weighted by Crippen LogP contribution is 2.38. The molecule has 0 aromatic heterocycles. The minimum atomic E-state index is -0.386. The molecule has 0 aromatic carbocycles. The monoisotopic (exact) mass is 370 g/mol. The van der Waals surface area contributed by atoms with Crippen molar-refractivity contribution in [3.05, 3.63) is 35.5 Å². The van der Waals surface area contributed by atoms with Crippen LogP contribution in [0.25, 0.3) is 0 Å². The van der Waals surface area contributed by atoms with Crippen LogP contribution < -0.4 is 0 Å². The molecule has 0 aliphatic carbocycles. The van der Waals surface area contributed by atoms with Gasteiger partial charge in [0, 0.05) is 11.1 Å². The van der Waals surface area contributed by atoms with Crippen LogP contribution >= 0.6 is 12.4 Å². The van der Waals surface area contributed by atoms with E-state index in [1.54, 1.807) is 0 Å². The smallest absolute Gasteiger partial charge is 0.0595 e. The van der Waals surface area contributed by atoms with Gasteiger partial charge in [-0.15, -0.1) is 12.4 Å². The number of allylic oxidation sites excluding steroid dienone is 2. The zero-order valence-electron chi connectivity index (χ0n) is 16.9. The molecule has 0 saturated carbocycles. The van der Waals surface area contributed by atoms with Crippen molar-refractivity contribution in [2.75, 3.05) is 0 Å². The third-order valence-electron chi connectivity index (χ3n) is 5.10. The fraction of sp³-hybridized carbons (Fsp3) is 0.700. The molecule has 144 valence electrons. The van der Waals surface area contributed by atoms with Crippen molar-refractivity contribution < 1.29 is 10.4 Å². The Hall–Kier alpha value is -0.650. The van der Waals surface area contributed by atoms with Crippen LogP contribution in [0.5, 0.6) is 0 Å². The first-order valence-electron chi connectivity index (χ1n) is 8.77. The second-order valence-corrected chi connectivity index (χ2v) is 9.68. The van der Waals surface area contributed by atoms with Crippen molar-refractivity contribution in [2.45, 2.75) is 90.4 Å². The molecular formula is C20H35ClN2O2. The van der Waals surface area contributed by atoms with Gasteiger partial charge in [0.05, 0.1) is 11.1 Å². The fourth-order valence-electron chi connectivity index (χ4n) is 4.27. The van der Waals surface area contributed by atoms with Gasteiger partial charge in [0.2, 0.25) is 0 Å². The first-order chi connectivity index (χ1) is 10.7. The summed E-state index contributed by atoms with van der Waals surface area (Å²) in [5, 5.41) is 23.7. The van der Waals surface area contributed by atoms with Crippen LogP contribution in [-0.2, 0) is 0 Å². The third-order valence-corrected chi connectivity index (χ3v) is 5.10. The van der Waals surface area contributed by atoms with Gasteiger partial charge >= 0.3 is 0 Å². The van der Waals surface area contributed by atoms with Gasteiger partial charge in [0.15, 0.2) is 0 Å². The lowest BCUT2D eigenvalue weighted by Gasteiger charge is -2.47. The molecule has 2 rings (SSSR count). The maximum atomic E-state index is 10.4. The molecule has 0 fully saturated rings. The molecule has 0 radical (unpaired) electrons. The molecule has 0 atom stereocenters. The molecule has 2 aliphatic heterocycles. The lowest BCUT2D eigenvalue weighted by Crippen LogP contribution is -2.55. The topological polar surface area (TPSA) is 46.9 Å². The normalized spacial score (nSPS) is 28.2. The van der Waals surface area contributed by atoms with E-state index in [9.17, 15) is 10.4 Å². The third kappa shape index (κ3) is 4.55. The average molecular weight is 371 g/mol. The van der Waals surface area contributed by atoms with Crippen LogP contribution in [-0.4, -0.2) is 42.7 Å². The van der Waals surface area contributed by atoms with Crippen molar-refractivity contribution in [3.63, 3.8) is 0 Å². The average Bonchev–Trinajstić information content (AvgIpc) is 2.38. The van der Waals surface area contributed by atoms with Crippen molar-refractivity contribution in [1.82, 2.24) is 10.1 Å². The Morgan fingerprint density at radius 3 is 1.24 bits per heavy atom. The predicted molar refractivity (Wildman–Crippen MR) is 105 cm³/mol. The van der Waals surface area contributed by atoms with Gasteiger partial charge < -0.3 is 10.4 Å². The molecule has 0 aromatic rings. The SMILES string of the molecule is CC1(C)C=C(/C=C/C2=CC(C)(C)N(O)C(C)(C)C2)CC(C)(C)N1O.Cl. The minimum Gasteiger partial charge on any atom is -0.313 e. The lowest BCUT2D eigenvalue weighted by atomic mass is 9.81. The van der Waals surface area contributed by atoms with Gasteiger partial charge in [-0.2, -0.15) is 10.1 Å². The van der Waals surface area contributed by atoms with Crippen LogP contribution in [0.3, 0.4) is 0 Å². The standard InChI is InChI=1S/C20H34N2O2.ClH/c1-17(2)11-15(12-18(3,4)21(17)23)9-10-16-13-19(5,6)22(24)20(7,8)14-16;/h9-11,13,23-24H,12,14H2,1-8H3;1H/b10-9+;. The van der Waals surface area contributed by atoms with Gasteiger partial charge in [-0.25, -0.2) is 0 Å². The van der Waals surface area contributed by atoms with E-state index in [0.717, 1.165) is 12.8 Å². The summed E-state index contributed by atoms with van der Waals surface area (Å²) in [6.45, 7) is 16.3. The lowest BCUT2D eigenvalue weighted by molar-refractivity contribution is -0.213. The van der Waals surface area contributed by atoms with E-state index in [1.807, 2.05) is 27.7 Å². The summed E-state index contributed by atoms with van der Waals surface area (Å²) in [5.74, 6) is 0. The molecule has 0 spiro atoms. The van der Waals surface area contributed by atoms with E-state index in [-0.39, 0.29) is 34.6 Å². The quantitative estimate of drug-likeness (QED) is 0.708. The molecular weight excluding hydrogens is 336 g/mol. The Morgan fingerprint density at radius 2 is 1.00 bits per heavy atom. The Morgan fingerprint density at radius 1 is 0.720 bits per heavy atom. The highest BCUT2D eigenvalue weighted by molar-refractivity contribution is 5.85. The fourth-order valence-corrected chi connectivity index (χ4v) is 4.27. The Bertz CT molecular complexity index is 549. The van der Waals surface area contributed by atoms with Crippen LogP contribution in [0.15, 0.2) is 35.5 Å². The second kappa shape index (κ2) is 6.82. The summed E-state index contributed by atoms with van der Waals surface area (Å²) in [6.07, 6.45) is 10.2. The summed E-state index contributed by atoms with van der Waals surface area (Å²) in [6, 6.07) is 0. The van der Waals surface area contributed by atoms with Crippen LogP contribution in [0, 0.1) is 0 Å². The second-order valence-electron chi connectivity index (χ2n) is 9.68. The maximum Gasteiger partial charge on any atom is 0.0595 e. The number of hydroxylamine groups is 4. The van der Waals surface area contributed by atoms with Crippen LogP contribution in [0.4, 0.5) is 0 Å². The van der Waals surface area contributed by atoms with Crippen molar-refractivity contribution >= 4 is 12.4 Å². The van der Waals surface area contributed by atoms with E-state index < -0.39 is 0 Å². The van der Waals surface area contributed by atoms with Crippen molar-refractivity contribution in [3.8, 4) is 0 Å². The van der Waals surface area contributed by atoms with Gasteiger partial charge in [-0.3, -0.25) is 0 Å². The van der Waals surface area contributed by atoms with E-state index in [2.05, 4.69) is 52.0 Å². The molecule has 0 amide bonds. The van der Waals surface area contributed by atoms with Gasteiger partial charge in [-0.1, -0.05) is 24.3 Å². The largest absolute Gasteiger partial charge is 0.313 e. The highest BCUT2D eigenvalue weighted by Gasteiger charge is 2.41. The number of hydrogen-bond donors (Lipinski definition) is 2. The molecule has 2 N–H and O–H groups in total. The predicted octanol–water partition coefficient (Wildman–Crippen LogP) is 5.12. The molecule has 4 nitrogen and oxygen atoms in total. The Labute approximate surface area is 159 Å². The summed E-state index contributed by atoms with van der Waals surface area (Å²) in [5.41, 5.74) is 1.11. The van der Waals surface area contributed by atoms with Gasteiger partial charge in [0.1, 0.15) is 0 Å².